The normalized spacial score (nSPS) is 10.5. The monoisotopic (exact) mass is 209 g/mol. The number of allylic oxidation sites excluding steroid dienone is 1. The molecular formula is C16H17. The zero-order valence-electron chi connectivity index (χ0n) is 9.52. The summed E-state index contributed by atoms with van der Waals surface area (Å²) < 4.78 is 0. The minimum atomic E-state index is 1.02. The average Bonchev–Trinajstić information content (AvgIpc) is 2.35. The van der Waals surface area contributed by atoms with Gasteiger partial charge in [0, 0.05) is 0 Å². The Hall–Kier alpha value is -1.56. The summed E-state index contributed by atoms with van der Waals surface area (Å²) in [5.41, 5.74) is 1.45. The summed E-state index contributed by atoms with van der Waals surface area (Å²) in [6, 6.07) is 15.1. The molecule has 0 amide bonds. The van der Waals surface area contributed by atoms with Gasteiger partial charge in [-0.2, -0.15) is 0 Å². The number of hydrogen-bond donors (Lipinski definition) is 0. The molecule has 0 bridgehead atoms. The zero-order chi connectivity index (χ0) is 11.2. The first-order valence-electron chi connectivity index (χ1n) is 5.92. The SMILES string of the molecule is [CH]=CCCCCc1cccc2ccccc12. The van der Waals surface area contributed by atoms with E-state index in [1.165, 1.54) is 29.2 Å². The molecule has 2 rings (SSSR count). The number of hydrogen-bond acceptors (Lipinski definition) is 0. The van der Waals surface area contributed by atoms with E-state index in [0.29, 0.717) is 0 Å². The fourth-order valence-corrected chi connectivity index (χ4v) is 2.09. The number of aryl methyl sites for hydroxylation is 1. The van der Waals surface area contributed by atoms with Gasteiger partial charge in [0.25, 0.3) is 0 Å². The molecule has 0 aliphatic heterocycles. The van der Waals surface area contributed by atoms with Crippen LogP contribution in [-0.4, -0.2) is 0 Å². The molecule has 16 heavy (non-hydrogen) atoms. The van der Waals surface area contributed by atoms with Crippen molar-refractivity contribution in [1.29, 1.82) is 0 Å². The second-order valence-electron chi connectivity index (χ2n) is 4.12. The van der Waals surface area contributed by atoms with Crippen molar-refractivity contribution in [2.24, 2.45) is 0 Å². The van der Waals surface area contributed by atoms with Crippen LogP contribution in [0.3, 0.4) is 0 Å². The zero-order valence-corrected chi connectivity index (χ0v) is 9.52. The highest BCUT2D eigenvalue weighted by molar-refractivity contribution is 5.85. The lowest BCUT2D eigenvalue weighted by atomic mass is 10.00. The first kappa shape index (κ1) is 10.9. The largest absolute Gasteiger partial charge is 0.0845 e. The molecule has 0 nitrogen and oxygen atoms in total. The highest BCUT2D eigenvalue weighted by Crippen LogP contribution is 2.20. The summed E-state index contributed by atoms with van der Waals surface area (Å²) in [5.74, 6) is 0. The third kappa shape index (κ3) is 2.52. The highest BCUT2D eigenvalue weighted by atomic mass is 14.0. The summed E-state index contributed by atoms with van der Waals surface area (Å²) >= 11 is 0. The van der Waals surface area contributed by atoms with Gasteiger partial charge in [0.15, 0.2) is 0 Å². The molecule has 2 aromatic rings. The van der Waals surface area contributed by atoms with E-state index in [2.05, 4.69) is 42.5 Å². The van der Waals surface area contributed by atoms with Gasteiger partial charge in [0.05, 0.1) is 0 Å². The van der Waals surface area contributed by atoms with Crippen LogP contribution in [0.5, 0.6) is 0 Å². The quantitative estimate of drug-likeness (QED) is 0.634. The van der Waals surface area contributed by atoms with Crippen LogP contribution in [0.1, 0.15) is 24.8 Å². The van der Waals surface area contributed by atoms with Crippen molar-refractivity contribution in [2.75, 3.05) is 0 Å². The molecular weight excluding hydrogens is 192 g/mol. The first-order valence-corrected chi connectivity index (χ1v) is 5.92. The number of rotatable bonds is 5. The molecule has 0 aliphatic rings. The third-order valence-corrected chi connectivity index (χ3v) is 2.95. The van der Waals surface area contributed by atoms with Gasteiger partial charge in [-0.05, 0) is 42.0 Å². The van der Waals surface area contributed by atoms with E-state index in [-0.39, 0.29) is 0 Å². The van der Waals surface area contributed by atoms with E-state index < -0.39 is 0 Å². The molecule has 0 N–H and O–H groups in total. The standard InChI is InChI=1S/C16H17/c1-2-3-4-5-9-14-11-8-12-15-10-6-7-13-16(14)15/h1-2,6-8,10-13H,3-5,9H2. The number of unbranched alkanes of at least 4 members (excludes halogenated alkanes) is 2. The maximum atomic E-state index is 5.37. The van der Waals surface area contributed by atoms with Crippen molar-refractivity contribution in [2.45, 2.75) is 25.7 Å². The lowest BCUT2D eigenvalue weighted by molar-refractivity contribution is 0.750. The maximum absolute atomic E-state index is 5.37. The molecule has 0 heteroatoms. The Morgan fingerprint density at radius 2 is 1.75 bits per heavy atom. The number of fused-ring (bicyclic) bond motifs is 1. The lowest BCUT2D eigenvalue weighted by Gasteiger charge is -2.05. The fourth-order valence-electron chi connectivity index (χ4n) is 2.09. The average molecular weight is 209 g/mol. The van der Waals surface area contributed by atoms with E-state index in [1.807, 2.05) is 0 Å². The van der Waals surface area contributed by atoms with Crippen LogP contribution in [0, 0.1) is 6.58 Å². The van der Waals surface area contributed by atoms with E-state index >= 15 is 0 Å². The van der Waals surface area contributed by atoms with Crippen LogP contribution in [0.15, 0.2) is 48.5 Å². The summed E-state index contributed by atoms with van der Waals surface area (Å²) in [6.07, 6.45) is 6.31. The van der Waals surface area contributed by atoms with E-state index in [0.717, 1.165) is 12.8 Å². The van der Waals surface area contributed by atoms with Gasteiger partial charge < -0.3 is 0 Å². The van der Waals surface area contributed by atoms with Crippen molar-refractivity contribution in [3.63, 3.8) is 0 Å². The maximum Gasteiger partial charge on any atom is -0.0152 e. The fraction of sp³-hybridized carbons (Fsp3) is 0.250. The Bertz CT molecular complexity index is 463. The second-order valence-corrected chi connectivity index (χ2v) is 4.12. The molecule has 0 spiro atoms. The lowest BCUT2D eigenvalue weighted by Crippen LogP contribution is -1.87. The smallest absolute Gasteiger partial charge is 0.0152 e. The predicted molar refractivity (Wildman–Crippen MR) is 70.4 cm³/mol. The molecule has 0 unspecified atom stereocenters. The molecule has 0 aromatic heterocycles. The van der Waals surface area contributed by atoms with E-state index in [1.54, 1.807) is 6.08 Å². The predicted octanol–water partition coefficient (Wildman–Crippen LogP) is 4.54. The molecule has 0 aliphatic carbocycles. The summed E-state index contributed by atoms with van der Waals surface area (Å²) in [5, 5.41) is 2.73. The van der Waals surface area contributed by atoms with E-state index in [9.17, 15) is 0 Å². The van der Waals surface area contributed by atoms with Gasteiger partial charge in [-0.15, -0.1) is 0 Å². The second kappa shape index (κ2) is 5.50. The van der Waals surface area contributed by atoms with Gasteiger partial charge in [0.2, 0.25) is 0 Å². The Morgan fingerprint density at radius 3 is 2.62 bits per heavy atom. The molecule has 1 radical (unpaired) electrons. The highest BCUT2D eigenvalue weighted by Gasteiger charge is 1.99. The Balaban J connectivity index is 2.14. The molecule has 0 heterocycles. The van der Waals surface area contributed by atoms with Crippen molar-refractivity contribution in [3.8, 4) is 0 Å². The van der Waals surface area contributed by atoms with Crippen LogP contribution in [0.4, 0.5) is 0 Å². The van der Waals surface area contributed by atoms with Gasteiger partial charge in [0.1, 0.15) is 0 Å². The molecule has 0 fully saturated rings. The van der Waals surface area contributed by atoms with Gasteiger partial charge in [-0.25, -0.2) is 0 Å². The van der Waals surface area contributed by atoms with Gasteiger partial charge in [-0.3, -0.25) is 0 Å². The molecule has 81 valence electrons. The van der Waals surface area contributed by atoms with Crippen LogP contribution < -0.4 is 0 Å². The Labute approximate surface area is 97.6 Å². The Morgan fingerprint density at radius 1 is 0.938 bits per heavy atom. The van der Waals surface area contributed by atoms with Crippen molar-refractivity contribution >= 4 is 10.8 Å². The van der Waals surface area contributed by atoms with Gasteiger partial charge >= 0.3 is 0 Å². The minimum absolute atomic E-state index is 1.02. The molecule has 0 saturated carbocycles. The van der Waals surface area contributed by atoms with Crippen LogP contribution in [0.25, 0.3) is 10.8 Å². The molecule has 2 aromatic carbocycles. The van der Waals surface area contributed by atoms with Gasteiger partial charge in [-0.1, -0.05) is 55.1 Å². The van der Waals surface area contributed by atoms with Crippen molar-refractivity contribution in [3.05, 3.63) is 60.7 Å². The van der Waals surface area contributed by atoms with Crippen LogP contribution in [-0.2, 0) is 6.42 Å². The summed E-state index contributed by atoms with van der Waals surface area (Å²) in [7, 11) is 0. The summed E-state index contributed by atoms with van der Waals surface area (Å²) in [4.78, 5) is 0. The Kier molecular flexibility index (Phi) is 3.76. The van der Waals surface area contributed by atoms with Crippen molar-refractivity contribution < 1.29 is 0 Å². The first-order chi connectivity index (χ1) is 7.92. The van der Waals surface area contributed by atoms with Crippen LogP contribution in [0.2, 0.25) is 0 Å². The van der Waals surface area contributed by atoms with Crippen molar-refractivity contribution in [1.82, 2.24) is 0 Å². The molecule has 0 atom stereocenters. The van der Waals surface area contributed by atoms with E-state index in [4.69, 9.17) is 6.58 Å². The molecule has 0 saturated heterocycles. The topological polar surface area (TPSA) is 0 Å². The third-order valence-electron chi connectivity index (χ3n) is 2.95. The number of benzene rings is 2. The summed E-state index contributed by atoms with van der Waals surface area (Å²) in [6.45, 7) is 5.37. The minimum Gasteiger partial charge on any atom is -0.0845 e. The van der Waals surface area contributed by atoms with Crippen LogP contribution >= 0.6 is 0 Å².